The maximum atomic E-state index is 12.7. The third kappa shape index (κ3) is 14.2. The molecule has 0 spiro atoms. The molecule has 0 amide bonds. The Labute approximate surface area is 255 Å². The monoisotopic (exact) mass is 592 g/mol. The highest BCUT2D eigenvalue weighted by Gasteiger charge is 2.34. The molecule has 0 radical (unpaired) electrons. The van der Waals surface area contributed by atoms with Gasteiger partial charge in [-0.05, 0) is 50.9 Å². The Kier molecular flexibility index (Phi) is 16.8. The highest BCUT2D eigenvalue weighted by Crippen LogP contribution is 2.28. The minimum atomic E-state index is -0.752. The maximum absolute atomic E-state index is 12.7. The molecule has 8 heteroatoms. The lowest BCUT2D eigenvalue weighted by atomic mass is 9.86. The molecule has 242 valence electrons. The van der Waals surface area contributed by atoms with Gasteiger partial charge >= 0.3 is 17.9 Å². The van der Waals surface area contributed by atoms with Gasteiger partial charge in [-0.3, -0.25) is 14.4 Å². The van der Waals surface area contributed by atoms with Crippen LogP contribution in [0, 0.1) is 11.3 Å². The van der Waals surface area contributed by atoms with E-state index in [1.54, 1.807) is 0 Å². The molecule has 0 aromatic heterocycles. The zero-order valence-electron chi connectivity index (χ0n) is 26.6. The van der Waals surface area contributed by atoms with E-state index in [1.165, 1.54) is 96.3 Å². The summed E-state index contributed by atoms with van der Waals surface area (Å²) in [5, 5.41) is 6.97. The molecule has 0 unspecified atom stereocenters. The molecule has 0 atom stereocenters. The molecule has 42 heavy (non-hydrogen) atoms. The number of carbonyl (C=O) groups is 3. The van der Waals surface area contributed by atoms with Crippen molar-refractivity contribution in [3.8, 4) is 0 Å². The molecule has 2 N–H and O–H groups in total. The third-order valence-electron chi connectivity index (χ3n) is 9.82. The van der Waals surface area contributed by atoms with Gasteiger partial charge in [0.05, 0.1) is 18.3 Å². The molecule has 0 aromatic carbocycles. The molecule has 0 aliphatic heterocycles. The van der Waals surface area contributed by atoms with Crippen molar-refractivity contribution < 1.29 is 28.6 Å². The van der Waals surface area contributed by atoms with E-state index < -0.39 is 5.41 Å². The first kappa shape index (κ1) is 34.8. The Morgan fingerprint density at radius 2 is 1.00 bits per heavy atom. The Morgan fingerprint density at radius 1 is 0.595 bits per heavy atom. The molecule has 0 heterocycles. The van der Waals surface area contributed by atoms with Crippen molar-refractivity contribution in [3.63, 3.8) is 0 Å². The smallest absolute Gasteiger partial charge is 0.307 e. The van der Waals surface area contributed by atoms with E-state index in [-0.39, 0.29) is 37.7 Å². The van der Waals surface area contributed by atoms with Gasteiger partial charge in [0.15, 0.2) is 0 Å². The summed E-state index contributed by atoms with van der Waals surface area (Å²) in [7, 11) is 0. The minimum Gasteiger partial charge on any atom is -0.465 e. The predicted octanol–water partition coefficient (Wildman–Crippen LogP) is 6.39. The van der Waals surface area contributed by atoms with Crippen LogP contribution in [-0.4, -0.2) is 62.9 Å². The highest BCUT2D eigenvalue weighted by molar-refractivity contribution is 5.70. The van der Waals surface area contributed by atoms with Gasteiger partial charge in [-0.15, -0.1) is 0 Å². The summed E-state index contributed by atoms with van der Waals surface area (Å²) in [5.74, 6) is -0.0501. The van der Waals surface area contributed by atoms with Crippen molar-refractivity contribution >= 4 is 17.9 Å². The van der Waals surface area contributed by atoms with Crippen LogP contribution < -0.4 is 10.6 Å². The zero-order chi connectivity index (χ0) is 29.9. The van der Waals surface area contributed by atoms with Crippen molar-refractivity contribution in [1.82, 2.24) is 10.6 Å². The van der Waals surface area contributed by atoms with Crippen LogP contribution in [0.15, 0.2) is 0 Å². The van der Waals surface area contributed by atoms with E-state index in [0.29, 0.717) is 50.9 Å². The molecule has 3 fully saturated rings. The molecule has 3 aliphatic carbocycles. The number of carbonyl (C=O) groups excluding carboxylic acids is 3. The molecule has 3 saturated carbocycles. The Balaban J connectivity index is 1.43. The number of esters is 3. The van der Waals surface area contributed by atoms with Gasteiger partial charge in [-0.2, -0.15) is 0 Å². The summed E-state index contributed by atoms with van der Waals surface area (Å²) in [6, 6.07) is 0.983. The van der Waals surface area contributed by atoms with Crippen molar-refractivity contribution in [3.05, 3.63) is 0 Å². The normalized spacial score (nSPS) is 19.4. The molecule has 3 aliphatic rings. The van der Waals surface area contributed by atoms with E-state index in [0.717, 1.165) is 18.8 Å². The average Bonchev–Trinajstić information content (AvgIpc) is 3.02. The van der Waals surface area contributed by atoms with Crippen LogP contribution in [0.1, 0.15) is 142 Å². The summed E-state index contributed by atoms with van der Waals surface area (Å²) < 4.78 is 17.1. The van der Waals surface area contributed by atoms with Crippen LogP contribution in [-0.2, 0) is 28.6 Å². The first-order valence-electron chi connectivity index (χ1n) is 17.4. The van der Waals surface area contributed by atoms with E-state index >= 15 is 0 Å². The van der Waals surface area contributed by atoms with Crippen molar-refractivity contribution in [2.75, 3.05) is 32.9 Å². The van der Waals surface area contributed by atoms with Gasteiger partial charge in [0.1, 0.15) is 19.8 Å². The first-order chi connectivity index (χ1) is 20.5. The second-order valence-corrected chi connectivity index (χ2v) is 13.3. The van der Waals surface area contributed by atoms with E-state index in [9.17, 15) is 14.4 Å². The molecule has 0 aromatic rings. The second kappa shape index (κ2) is 20.3. The van der Waals surface area contributed by atoms with E-state index in [1.807, 2.05) is 6.92 Å². The largest absolute Gasteiger partial charge is 0.465 e. The molecular formula is C34H60N2O6. The van der Waals surface area contributed by atoms with Gasteiger partial charge < -0.3 is 24.8 Å². The van der Waals surface area contributed by atoms with Crippen molar-refractivity contribution in [2.24, 2.45) is 11.3 Å². The second-order valence-electron chi connectivity index (χ2n) is 13.3. The van der Waals surface area contributed by atoms with Gasteiger partial charge in [0.2, 0.25) is 0 Å². The van der Waals surface area contributed by atoms with Crippen LogP contribution in [0.3, 0.4) is 0 Å². The van der Waals surface area contributed by atoms with Gasteiger partial charge in [0.25, 0.3) is 0 Å². The number of hydrogen-bond donors (Lipinski definition) is 2. The topological polar surface area (TPSA) is 103 Å². The van der Waals surface area contributed by atoms with Crippen LogP contribution in [0.25, 0.3) is 0 Å². The van der Waals surface area contributed by atoms with Crippen LogP contribution in [0.4, 0.5) is 0 Å². The number of ether oxygens (including phenoxy) is 3. The summed E-state index contributed by atoms with van der Waals surface area (Å²) in [5.41, 5.74) is -0.752. The van der Waals surface area contributed by atoms with Crippen LogP contribution in [0.2, 0.25) is 0 Å². The van der Waals surface area contributed by atoms with Crippen LogP contribution in [0.5, 0.6) is 0 Å². The summed E-state index contributed by atoms with van der Waals surface area (Å²) in [6.45, 7) is 3.37. The Bertz CT molecular complexity index is 674. The fourth-order valence-electron chi connectivity index (χ4n) is 6.73. The van der Waals surface area contributed by atoms with Crippen molar-refractivity contribution in [2.45, 2.75) is 154 Å². The average molecular weight is 593 g/mol. The third-order valence-corrected chi connectivity index (χ3v) is 9.82. The predicted molar refractivity (Wildman–Crippen MR) is 165 cm³/mol. The zero-order valence-corrected chi connectivity index (χ0v) is 26.6. The van der Waals surface area contributed by atoms with Gasteiger partial charge in [0, 0.05) is 31.6 Å². The molecule has 3 rings (SSSR count). The number of hydrogen-bond acceptors (Lipinski definition) is 8. The first-order valence-corrected chi connectivity index (χ1v) is 17.4. The SMILES string of the molecule is CCC(COC(=O)CCCC1CCCCC1)(COC(=O)CCNC1CCCCC1)COC(=O)CCNC1CCCCC1. The number of rotatable bonds is 19. The summed E-state index contributed by atoms with van der Waals surface area (Å²) in [4.78, 5) is 37.9. The lowest BCUT2D eigenvalue weighted by Gasteiger charge is -2.31. The molecular weight excluding hydrogens is 532 g/mol. The Hall–Kier alpha value is -1.67. The Morgan fingerprint density at radius 3 is 1.43 bits per heavy atom. The quantitative estimate of drug-likeness (QED) is 0.131. The van der Waals surface area contributed by atoms with Gasteiger partial charge in [-0.1, -0.05) is 77.6 Å². The van der Waals surface area contributed by atoms with Crippen LogP contribution >= 0.6 is 0 Å². The maximum Gasteiger partial charge on any atom is 0.307 e. The summed E-state index contributed by atoms with van der Waals surface area (Å²) in [6.07, 6.45) is 22.2. The number of nitrogens with one attached hydrogen (secondary N) is 2. The molecule has 0 saturated heterocycles. The van der Waals surface area contributed by atoms with E-state index in [2.05, 4.69) is 10.6 Å². The highest BCUT2D eigenvalue weighted by atomic mass is 16.6. The molecule has 0 bridgehead atoms. The lowest BCUT2D eigenvalue weighted by Crippen LogP contribution is -2.40. The minimum absolute atomic E-state index is 0.0642. The lowest BCUT2D eigenvalue weighted by molar-refractivity contribution is -0.162. The summed E-state index contributed by atoms with van der Waals surface area (Å²) >= 11 is 0. The van der Waals surface area contributed by atoms with Crippen molar-refractivity contribution in [1.29, 1.82) is 0 Å². The fourth-order valence-corrected chi connectivity index (χ4v) is 6.73. The molecule has 8 nitrogen and oxygen atoms in total. The van der Waals surface area contributed by atoms with E-state index in [4.69, 9.17) is 14.2 Å². The fraction of sp³-hybridized carbons (Fsp3) is 0.912. The van der Waals surface area contributed by atoms with Gasteiger partial charge in [-0.25, -0.2) is 0 Å². The standard InChI is InChI=1S/C34H60N2O6/c1-2-34(25-40-31(37)20-12-15-28-13-6-3-7-14-28,26-41-32(38)21-23-35-29-16-8-4-9-17-29)27-42-33(39)22-24-36-30-18-10-5-11-19-30/h28-30,35-36H,2-27H2,1H3.